The summed E-state index contributed by atoms with van der Waals surface area (Å²) in [6, 6.07) is 8.29. The zero-order valence-corrected chi connectivity index (χ0v) is 10.7. The summed E-state index contributed by atoms with van der Waals surface area (Å²) in [5, 5.41) is 13.8. The fraction of sp³-hybridized carbons (Fsp3) is 0.214. The highest BCUT2D eigenvalue weighted by molar-refractivity contribution is 5.83. The summed E-state index contributed by atoms with van der Waals surface area (Å²) < 4.78 is 1.87. The fourth-order valence-electron chi connectivity index (χ4n) is 2.01. The maximum absolute atomic E-state index is 4.25. The number of hydrogen-bond donors (Lipinski definition) is 0. The maximum atomic E-state index is 4.25. The SMILES string of the molecule is Cc1cc(-c2ccc3c(cnn3C)c2)nnc1C. The predicted molar refractivity (Wildman–Crippen MR) is 71.2 cm³/mol. The van der Waals surface area contributed by atoms with Gasteiger partial charge in [-0.3, -0.25) is 4.68 Å². The molecule has 0 saturated heterocycles. The lowest BCUT2D eigenvalue weighted by molar-refractivity contribution is 0.797. The molecule has 0 unspecified atom stereocenters. The molecule has 3 rings (SSSR count). The third-order valence-electron chi connectivity index (χ3n) is 3.27. The molecule has 0 aliphatic heterocycles. The summed E-state index contributed by atoms with van der Waals surface area (Å²) in [4.78, 5) is 0. The molecule has 2 heterocycles. The molecule has 0 amide bonds. The van der Waals surface area contributed by atoms with Crippen LogP contribution in [-0.2, 0) is 7.05 Å². The van der Waals surface area contributed by atoms with Crippen LogP contribution >= 0.6 is 0 Å². The maximum Gasteiger partial charge on any atom is 0.0932 e. The van der Waals surface area contributed by atoms with Crippen molar-refractivity contribution in [3.63, 3.8) is 0 Å². The number of benzene rings is 1. The van der Waals surface area contributed by atoms with E-state index < -0.39 is 0 Å². The highest BCUT2D eigenvalue weighted by Gasteiger charge is 2.05. The third kappa shape index (κ3) is 1.66. The highest BCUT2D eigenvalue weighted by Crippen LogP contribution is 2.23. The van der Waals surface area contributed by atoms with E-state index in [9.17, 15) is 0 Å². The Morgan fingerprint density at radius 2 is 1.89 bits per heavy atom. The van der Waals surface area contributed by atoms with E-state index in [0.29, 0.717) is 0 Å². The lowest BCUT2D eigenvalue weighted by Gasteiger charge is -2.03. The second-order valence-electron chi connectivity index (χ2n) is 4.54. The van der Waals surface area contributed by atoms with E-state index in [0.717, 1.165) is 33.4 Å². The Morgan fingerprint density at radius 3 is 2.67 bits per heavy atom. The monoisotopic (exact) mass is 238 g/mol. The average molecular weight is 238 g/mol. The van der Waals surface area contributed by atoms with Gasteiger partial charge >= 0.3 is 0 Å². The number of nitrogens with zero attached hydrogens (tertiary/aromatic N) is 4. The van der Waals surface area contributed by atoms with Crippen LogP contribution in [0.1, 0.15) is 11.3 Å². The lowest BCUT2D eigenvalue weighted by Crippen LogP contribution is -1.94. The Labute approximate surface area is 105 Å². The van der Waals surface area contributed by atoms with Gasteiger partial charge in [-0.2, -0.15) is 15.3 Å². The molecule has 90 valence electrons. The molecule has 4 nitrogen and oxygen atoms in total. The van der Waals surface area contributed by atoms with Crippen molar-refractivity contribution < 1.29 is 0 Å². The summed E-state index contributed by atoms with van der Waals surface area (Å²) in [6.45, 7) is 4.02. The molecule has 0 aliphatic rings. The minimum Gasteiger partial charge on any atom is -0.268 e. The molecular weight excluding hydrogens is 224 g/mol. The molecule has 1 aromatic carbocycles. The Balaban J connectivity index is 2.16. The molecule has 0 fully saturated rings. The zero-order chi connectivity index (χ0) is 12.7. The van der Waals surface area contributed by atoms with Gasteiger partial charge in [0.1, 0.15) is 0 Å². The minimum absolute atomic E-state index is 0.906. The van der Waals surface area contributed by atoms with Gasteiger partial charge in [-0.1, -0.05) is 6.07 Å². The molecule has 0 spiro atoms. The van der Waals surface area contributed by atoms with E-state index in [1.807, 2.05) is 24.9 Å². The molecule has 0 saturated carbocycles. The number of hydrogen-bond acceptors (Lipinski definition) is 3. The van der Waals surface area contributed by atoms with E-state index in [-0.39, 0.29) is 0 Å². The van der Waals surface area contributed by atoms with Gasteiger partial charge in [0.15, 0.2) is 0 Å². The molecular formula is C14H14N4. The van der Waals surface area contributed by atoms with E-state index in [1.54, 1.807) is 0 Å². The van der Waals surface area contributed by atoms with Crippen molar-refractivity contribution in [1.29, 1.82) is 0 Å². The molecule has 0 aliphatic carbocycles. The standard InChI is InChI=1S/C14H14N4/c1-9-6-13(17-16-10(9)2)11-4-5-14-12(7-11)8-15-18(14)3/h4-8H,1-3H3. The van der Waals surface area contributed by atoms with Crippen molar-refractivity contribution in [2.24, 2.45) is 7.05 Å². The number of aryl methyl sites for hydroxylation is 3. The van der Waals surface area contributed by atoms with Gasteiger partial charge in [0.05, 0.1) is 23.1 Å². The average Bonchev–Trinajstić information content (AvgIpc) is 2.74. The van der Waals surface area contributed by atoms with Crippen LogP contribution < -0.4 is 0 Å². The number of fused-ring (bicyclic) bond motifs is 1. The first-order valence-electron chi connectivity index (χ1n) is 5.88. The molecule has 4 heteroatoms. The quantitative estimate of drug-likeness (QED) is 0.654. The van der Waals surface area contributed by atoms with Crippen molar-refractivity contribution in [2.75, 3.05) is 0 Å². The first kappa shape index (κ1) is 10.9. The third-order valence-corrected chi connectivity index (χ3v) is 3.27. The molecule has 0 radical (unpaired) electrons. The summed E-state index contributed by atoms with van der Waals surface area (Å²) >= 11 is 0. The van der Waals surface area contributed by atoms with Gasteiger partial charge in [0.25, 0.3) is 0 Å². The Kier molecular flexibility index (Phi) is 2.37. The van der Waals surface area contributed by atoms with Crippen molar-refractivity contribution in [2.45, 2.75) is 13.8 Å². The van der Waals surface area contributed by atoms with Crippen LogP contribution in [0.5, 0.6) is 0 Å². The lowest BCUT2D eigenvalue weighted by atomic mass is 10.1. The molecule has 3 aromatic rings. The number of aromatic nitrogens is 4. The van der Waals surface area contributed by atoms with Gasteiger partial charge in [-0.05, 0) is 37.6 Å². The second kappa shape index (κ2) is 3.91. The van der Waals surface area contributed by atoms with Crippen LogP contribution in [0.2, 0.25) is 0 Å². The van der Waals surface area contributed by atoms with Gasteiger partial charge in [0.2, 0.25) is 0 Å². The highest BCUT2D eigenvalue weighted by atomic mass is 15.2. The first-order chi connectivity index (χ1) is 8.65. The van der Waals surface area contributed by atoms with E-state index in [2.05, 4.69) is 46.5 Å². The summed E-state index contributed by atoms with van der Waals surface area (Å²) in [5.41, 5.74) is 5.23. The van der Waals surface area contributed by atoms with Crippen molar-refractivity contribution in [3.8, 4) is 11.3 Å². The van der Waals surface area contributed by atoms with Crippen molar-refractivity contribution in [1.82, 2.24) is 20.0 Å². The molecule has 2 aromatic heterocycles. The van der Waals surface area contributed by atoms with E-state index in [1.165, 1.54) is 0 Å². The van der Waals surface area contributed by atoms with E-state index in [4.69, 9.17) is 0 Å². The Hall–Kier alpha value is -2.23. The van der Waals surface area contributed by atoms with Crippen LogP contribution in [0.4, 0.5) is 0 Å². The topological polar surface area (TPSA) is 43.6 Å². The van der Waals surface area contributed by atoms with Crippen molar-refractivity contribution in [3.05, 3.63) is 41.7 Å². The van der Waals surface area contributed by atoms with Crippen LogP contribution in [-0.4, -0.2) is 20.0 Å². The fourth-order valence-corrected chi connectivity index (χ4v) is 2.01. The summed E-state index contributed by atoms with van der Waals surface area (Å²) in [5.74, 6) is 0. The smallest absolute Gasteiger partial charge is 0.0932 e. The predicted octanol–water partition coefficient (Wildman–Crippen LogP) is 2.65. The van der Waals surface area contributed by atoms with Crippen LogP contribution in [0.25, 0.3) is 22.2 Å². The van der Waals surface area contributed by atoms with Gasteiger partial charge in [-0.15, -0.1) is 0 Å². The normalized spacial score (nSPS) is 11.1. The van der Waals surface area contributed by atoms with Gasteiger partial charge < -0.3 is 0 Å². The zero-order valence-electron chi connectivity index (χ0n) is 10.7. The number of rotatable bonds is 1. The Morgan fingerprint density at radius 1 is 1.06 bits per heavy atom. The molecule has 0 atom stereocenters. The van der Waals surface area contributed by atoms with Gasteiger partial charge in [-0.25, -0.2) is 0 Å². The largest absolute Gasteiger partial charge is 0.268 e. The minimum atomic E-state index is 0.906. The van der Waals surface area contributed by atoms with Crippen LogP contribution in [0, 0.1) is 13.8 Å². The molecule has 0 N–H and O–H groups in total. The van der Waals surface area contributed by atoms with Crippen LogP contribution in [0.3, 0.4) is 0 Å². The van der Waals surface area contributed by atoms with Crippen molar-refractivity contribution >= 4 is 10.9 Å². The molecule has 18 heavy (non-hydrogen) atoms. The van der Waals surface area contributed by atoms with E-state index >= 15 is 0 Å². The summed E-state index contributed by atoms with van der Waals surface area (Å²) in [6.07, 6.45) is 1.87. The Bertz CT molecular complexity index is 728. The first-order valence-corrected chi connectivity index (χ1v) is 5.88. The summed E-state index contributed by atoms with van der Waals surface area (Å²) in [7, 11) is 1.94. The van der Waals surface area contributed by atoms with Gasteiger partial charge in [0, 0.05) is 18.0 Å². The second-order valence-corrected chi connectivity index (χ2v) is 4.54. The molecule has 0 bridgehead atoms. The van der Waals surface area contributed by atoms with Crippen LogP contribution in [0.15, 0.2) is 30.5 Å².